The number of nitrogens with one attached hydrogen (secondary N) is 1. The quantitative estimate of drug-likeness (QED) is 0.881. The molecular weight excluding hydrogens is 228 g/mol. The first-order valence-corrected chi connectivity index (χ1v) is 6.01. The number of aryl methyl sites for hydroxylation is 1. The third-order valence-electron chi connectivity index (χ3n) is 3.19. The van der Waals surface area contributed by atoms with Crippen LogP contribution in [-0.4, -0.2) is 19.1 Å². The van der Waals surface area contributed by atoms with Crippen molar-refractivity contribution in [1.82, 2.24) is 5.32 Å². The van der Waals surface area contributed by atoms with Crippen molar-refractivity contribution in [2.45, 2.75) is 25.8 Å². The molecule has 18 heavy (non-hydrogen) atoms. The summed E-state index contributed by atoms with van der Waals surface area (Å²) >= 11 is 0. The van der Waals surface area contributed by atoms with Crippen LogP contribution in [0.3, 0.4) is 0 Å². The third-order valence-corrected chi connectivity index (χ3v) is 3.19. The molecule has 1 saturated carbocycles. The summed E-state index contributed by atoms with van der Waals surface area (Å²) < 4.78 is 5.18. The minimum absolute atomic E-state index is 0.216. The van der Waals surface area contributed by atoms with Gasteiger partial charge in [0, 0.05) is 5.56 Å². The van der Waals surface area contributed by atoms with Gasteiger partial charge < -0.3 is 10.1 Å². The zero-order chi connectivity index (χ0) is 13.1. The van der Waals surface area contributed by atoms with Gasteiger partial charge in [-0.15, -0.1) is 0 Å². The highest BCUT2D eigenvalue weighted by atomic mass is 16.5. The molecule has 1 atom stereocenters. The molecule has 1 amide bonds. The minimum Gasteiger partial charge on any atom is -0.496 e. The zero-order valence-electron chi connectivity index (χ0n) is 10.6. The number of hydrogen-bond donors (Lipinski definition) is 1. The maximum Gasteiger partial charge on any atom is 0.252 e. The Balaban J connectivity index is 2.11. The maximum atomic E-state index is 12.0. The van der Waals surface area contributed by atoms with Gasteiger partial charge in [-0.05, 0) is 43.4 Å². The smallest absolute Gasteiger partial charge is 0.252 e. The molecule has 2 rings (SSSR count). The van der Waals surface area contributed by atoms with Gasteiger partial charge in [0.1, 0.15) is 11.8 Å². The Morgan fingerprint density at radius 2 is 2.28 bits per heavy atom. The van der Waals surface area contributed by atoms with E-state index in [4.69, 9.17) is 10.00 Å². The van der Waals surface area contributed by atoms with Crippen LogP contribution in [0.25, 0.3) is 0 Å². The summed E-state index contributed by atoms with van der Waals surface area (Å²) in [6.07, 6.45) is 2.05. The molecular formula is C14H16N2O2. The van der Waals surface area contributed by atoms with Crippen molar-refractivity contribution in [2.75, 3.05) is 7.11 Å². The molecule has 0 bridgehead atoms. The van der Waals surface area contributed by atoms with E-state index in [9.17, 15) is 4.79 Å². The number of carbonyl (C=O) groups is 1. The molecule has 0 spiro atoms. The van der Waals surface area contributed by atoms with Gasteiger partial charge in [-0.3, -0.25) is 4.79 Å². The van der Waals surface area contributed by atoms with Crippen LogP contribution in [-0.2, 0) is 0 Å². The maximum absolute atomic E-state index is 12.0. The summed E-state index contributed by atoms with van der Waals surface area (Å²) in [6.45, 7) is 1.92. The molecule has 0 aromatic heterocycles. The van der Waals surface area contributed by atoms with Gasteiger partial charge in [-0.25, -0.2) is 0 Å². The van der Waals surface area contributed by atoms with Crippen molar-refractivity contribution in [2.24, 2.45) is 5.92 Å². The van der Waals surface area contributed by atoms with Crippen LogP contribution in [0.15, 0.2) is 18.2 Å². The third kappa shape index (κ3) is 2.62. The Bertz CT molecular complexity index is 501. The van der Waals surface area contributed by atoms with Crippen LogP contribution < -0.4 is 10.1 Å². The fraction of sp³-hybridized carbons (Fsp3) is 0.429. The highest BCUT2D eigenvalue weighted by Gasteiger charge is 2.32. The summed E-state index contributed by atoms with van der Waals surface area (Å²) in [5.74, 6) is 0.792. The molecule has 1 aliphatic rings. The highest BCUT2D eigenvalue weighted by molar-refractivity contribution is 5.95. The minimum atomic E-state index is -0.371. The van der Waals surface area contributed by atoms with E-state index in [1.807, 2.05) is 13.0 Å². The monoisotopic (exact) mass is 244 g/mol. The number of carbonyl (C=O) groups excluding carboxylic acids is 1. The Hall–Kier alpha value is -2.02. The fourth-order valence-corrected chi connectivity index (χ4v) is 1.87. The first kappa shape index (κ1) is 12.4. The van der Waals surface area contributed by atoms with Gasteiger partial charge in [0.2, 0.25) is 0 Å². The van der Waals surface area contributed by atoms with Crippen molar-refractivity contribution in [3.63, 3.8) is 0 Å². The predicted molar refractivity (Wildman–Crippen MR) is 67.3 cm³/mol. The number of ether oxygens (including phenoxy) is 1. The van der Waals surface area contributed by atoms with E-state index in [2.05, 4.69) is 11.4 Å². The van der Waals surface area contributed by atoms with E-state index in [1.54, 1.807) is 19.2 Å². The lowest BCUT2D eigenvalue weighted by molar-refractivity contribution is 0.0941. The second kappa shape index (κ2) is 5.09. The topological polar surface area (TPSA) is 62.1 Å². The van der Waals surface area contributed by atoms with Crippen molar-refractivity contribution < 1.29 is 9.53 Å². The number of nitrogens with zero attached hydrogens (tertiary/aromatic N) is 1. The number of rotatable bonds is 4. The van der Waals surface area contributed by atoms with Crippen molar-refractivity contribution in [3.8, 4) is 11.8 Å². The van der Waals surface area contributed by atoms with Gasteiger partial charge in [0.15, 0.2) is 0 Å². The van der Waals surface area contributed by atoms with Crippen molar-refractivity contribution >= 4 is 5.91 Å². The van der Waals surface area contributed by atoms with Crippen molar-refractivity contribution in [1.29, 1.82) is 5.26 Å². The molecule has 94 valence electrons. The van der Waals surface area contributed by atoms with E-state index in [1.165, 1.54) is 0 Å². The van der Waals surface area contributed by atoms with E-state index < -0.39 is 0 Å². The van der Waals surface area contributed by atoms with Gasteiger partial charge >= 0.3 is 0 Å². The first-order valence-electron chi connectivity index (χ1n) is 6.01. The van der Waals surface area contributed by atoms with Gasteiger partial charge in [0.05, 0.1) is 13.2 Å². The number of hydrogen-bond acceptors (Lipinski definition) is 3. The van der Waals surface area contributed by atoms with Crippen molar-refractivity contribution in [3.05, 3.63) is 29.3 Å². The summed E-state index contributed by atoms with van der Waals surface area (Å²) in [5.41, 5.74) is 1.51. The standard InChI is InChI=1S/C14H16N2O2/c1-9-3-4-11(7-13(9)18-2)14(17)16-12(8-15)10-5-6-10/h3-4,7,10,12H,5-6H2,1-2H3,(H,16,17). The summed E-state index contributed by atoms with van der Waals surface area (Å²) in [6, 6.07) is 7.06. The molecule has 1 unspecified atom stereocenters. The molecule has 0 radical (unpaired) electrons. The van der Waals surface area contributed by atoms with E-state index in [0.29, 0.717) is 17.2 Å². The second-order valence-corrected chi connectivity index (χ2v) is 4.60. The lowest BCUT2D eigenvalue weighted by Gasteiger charge is -2.11. The van der Waals surface area contributed by atoms with Crippen LogP contribution in [0, 0.1) is 24.2 Å². The lowest BCUT2D eigenvalue weighted by Crippen LogP contribution is -2.35. The molecule has 1 fully saturated rings. The number of amides is 1. The molecule has 1 N–H and O–H groups in total. The molecule has 0 heterocycles. The Morgan fingerprint density at radius 1 is 1.56 bits per heavy atom. The number of benzene rings is 1. The second-order valence-electron chi connectivity index (χ2n) is 4.60. The predicted octanol–water partition coefficient (Wildman–Crippen LogP) is 2.04. The van der Waals surface area contributed by atoms with E-state index in [0.717, 1.165) is 18.4 Å². The lowest BCUT2D eigenvalue weighted by atomic mass is 10.1. The molecule has 1 aliphatic carbocycles. The van der Waals surface area contributed by atoms with Crippen LogP contribution >= 0.6 is 0 Å². The average Bonchev–Trinajstić information content (AvgIpc) is 3.20. The summed E-state index contributed by atoms with van der Waals surface area (Å²) in [4.78, 5) is 12.0. The van der Waals surface area contributed by atoms with E-state index >= 15 is 0 Å². The summed E-state index contributed by atoms with van der Waals surface area (Å²) in [7, 11) is 1.58. The highest BCUT2D eigenvalue weighted by Crippen LogP contribution is 2.32. The largest absolute Gasteiger partial charge is 0.496 e. The van der Waals surface area contributed by atoms with Crippen LogP contribution in [0.4, 0.5) is 0 Å². The molecule has 4 nitrogen and oxygen atoms in total. The van der Waals surface area contributed by atoms with Gasteiger partial charge in [0.25, 0.3) is 5.91 Å². The molecule has 0 aliphatic heterocycles. The zero-order valence-corrected chi connectivity index (χ0v) is 10.6. The summed E-state index contributed by atoms with van der Waals surface area (Å²) in [5, 5.41) is 11.7. The SMILES string of the molecule is COc1cc(C(=O)NC(C#N)C2CC2)ccc1C. The Morgan fingerprint density at radius 3 is 2.83 bits per heavy atom. The van der Waals surface area contributed by atoms with E-state index in [-0.39, 0.29) is 11.9 Å². The average molecular weight is 244 g/mol. The van der Waals surface area contributed by atoms with Gasteiger partial charge in [-0.1, -0.05) is 6.07 Å². The molecule has 4 heteroatoms. The number of methoxy groups -OCH3 is 1. The van der Waals surface area contributed by atoms with Crippen LogP contribution in [0.1, 0.15) is 28.8 Å². The Labute approximate surface area is 107 Å². The van der Waals surface area contributed by atoms with Gasteiger partial charge in [-0.2, -0.15) is 5.26 Å². The molecule has 0 saturated heterocycles. The Kier molecular flexibility index (Phi) is 3.52. The molecule has 1 aromatic carbocycles. The van der Waals surface area contributed by atoms with Crippen LogP contribution in [0.2, 0.25) is 0 Å². The molecule has 1 aromatic rings. The fourth-order valence-electron chi connectivity index (χ4n) is 1.87. The van der Waals surface area contributed by atoms with Crippen LogP contribution in [0.5, 0.6) is 5.75 Å². The number of nitriles is 1. The first-order chi connectivity index (χ1) is 8.65. The normalized spacial score (nSPS) is 15.6.